The minimum atomic E-state index is -5.25. The van der Waals surface area contributed by atoms with Crippen LogP contribution in [-0.4, -0.2) is 59.7 Å². The van der Waals surface area contributed by atoms with Crippen molar-refractivity contribution in [3.8, 4) is 0 Å². The number of hydrogen-bond acceptors (Lipinski definition) is 2. The summed E-state index contributed by atoms with van der Waals surface area (Å²) < 4.78 is 31.9. The van der Waals surface area contributed by atoms with Crippen molar-refractivity contribution in [2.24, 2.45) is 0 Å². The van der Waals surface area contributed by atoms with Crippen molar-refractivity contribution in [2.45, 2.75) is 0 Å². The Hall–Kier alpha value is 2.31. The summed E-state index contributed by atoms with van der Waals surface area (Å²) in [6, 6.07) is 0. The molecule has 0 aromatic rings. The van der Waals surface area contributed by atoms with Crippen LogP contribution in [0.2, 0.25) is 0 Å². The van der Waals surface area contributed by atoms with E-state index in [0.29, 0.717) is 0 Å². The van der Waals surface area contributed by atoms with Crippen LogP contribution in [0.1, 0.15) is 0 Å². The zero-order chi connectivity index (χ0) is 4.50. The van der Waals surface area contributed by atoms with E-state index < -0.39 is 13.6 Å². The molecule has 2 N–H and O–H groups in total. The van der Waals surface area contributed by atoms with Crippen LogP contribution in [0.25, 0.3) is 0 Å². The maximum absolute atomic E-state index is 8.82. The van der Waals surface area contributed by atoms with E-state index in [4.69, 9.17) is 15.9 Å². The van der Waals surface area contributed by atoms with E-state index in [9.17, 15) is 0 Å². The molecule has 0 aliphatic carbocycles. The van der Waals surface area contributed by atoms with Gasteiger partial charge >= 0.3 is 80.9 Å². The third-order valence-electron chi connectivity index (χ3n) is 0. The molecule has 0 radical (unpaired) electrons. The van der Waals surface area contributed by atoms with Gasteiger partial charge in [0, 0.05) is 19.5 Å². The van der Waals surface area contributed by atoms with E-state index in [1.165, 1.54) is 0 Å². The van der Waals surface area contributed by atoms with Gasteiger partial charge in [-0.1, -0.05) is 0 Å². The molecule has 0 aromatic carbocycles. The molecule has 0 saturated carbocycles. The molecule has 7 heavy (non-hydrogen) atoms. The van der Waals surface area contributed by atoms with Crippen LogP contribution in [0.3, 0.4) is 0 Å². The summed E-state index contributed by atoms with van der Waals surface area (Å²) in [5.41, 5.74) is 0. The quantitative estimate of drug-likeness (QED) is 0.466. The van der Waals surface area contributed by atoms with Crippen LogP contribution in [-0.2, 0) is 40.7 Å². The molecule has 0 saturated heterocycles. The van der Waals surface area contributed by atoms with Gasteiger partial charge in [-0.15, -0.1) is 0 Å². The molecule has 0 unspecified atom stereocenters. The molecule has 0 rings (SSSR count). The molecule has 7 heteroatoms. The van der Waals surface area contributed by atoms with Crippen molar-refractivity contribution in [1.29, 1.82) is 0 Å². The summed E-state index contributed by atoms with van der Waals surface area (Å²) in [6.45, 7) is 0. The second kappa shape index (κ2) is 6.43. The molecule has 0 aliphatic heterocycles. The molecular weight excluding hydrogens is 220 g/mol. The smallest absolute Gasteiger partial charge is 0 e. The van der Waals surface area contributed by atoms with Gasteiger partial charge in [0.05, 0.1) is 0 Å². The van der Waals surface area contributed by atoms with E-state index in [1.54, 1.807) is 0 Å². The summed E-state index contributed by atoms with van der Waals surface area (Å²) in [5.74, 6) is 0. The van der Waals surface area contributed by atoms with Gasteiger partial charge in [0.1, 0.15) is 0 Å². The predicted molar refractivity (Wildman–Crippen MR) is 13.0 cm³/mol. The van der Waals surface area contributed by atoms with Gasteiger partial charge in [0.25, 0.3) is 0 Å². The average molecular weight is 224 g/mol. The minimum absolute atomic E-state index is 0. The zero-order valence-corrected chi connectivity index (χ0v) is 7.07. The summed E-state index contributed by atoms with van der Waals surface area (Å²) in [4.78, 5) is 0. The van der Waals surface area contributed by atoms with Crippen molar-refractivity contribution >= 4 is 51.4 Å². The predicted octanol–water partition coefficient (Wildman–Crippen LogP) is -2.01. The second-order valence-electron chi connectivity index (χ2n) is 0.448. The monoisotopic (exact) mass is 222 g/mol. The standard InChI is InChI=1S/Cr.K.2H2O.2O.Zn.H/h;;2*1H2;;;;/q+2;;;;;;;/p-2. The topological polar surface area (TPSA) is 74.6 Å². The van der Waals surface area contributed by atoms with Gasteiger partial charge < -0.3 is 0 Å². The molecule has 0 aromatic heterocycles. The van der Waals surface area contributed by atoms with E-state index in [2.05, 4.69) is 0 Å². The average Bonchev–Trinajstić information content (AvgIpc) is 0.722. The third-order valence-corrected chi connectivity index (χ3v) is 0. The largest absolute Gasteiger partial charge is 0 e. The number of rotatable bonds is 0. The first-order valence-electron chi connectivity index (χ1n) is 0.698. The first kappa shape index (κ1) is 16.1. The van der Waals surface area contributed by atoms with Gasteiger partial charge in [-0.2, -0.15) is 0 Å². The normalized spacial score (nSPS) is 8.29. The van der Waals surface area contributed by atoms with Crippen molar-refractivity contribution in [2.75, 3.05) is 0 Å². The van der Waals surface area contributed by atoms with Crippen molar-refractivity contribution in [3.63, 3.8) is 0 Å². The Balaban J connectivity index is -0.0000000800. The Labute approximate surface area is 98.2 Å². The molecule has 0 atom stereocenters. The van der Waals surface area contributed by atoms with Gasteiger partial charge in [-0.05, 0) is 0 Å². The molecular formula is H3CrKO4Zn. The second-order valence-corrected chi connectivity index (χ2v) is 1.85. The van der Waals surface area contributed by atoms with Crippen LogP contribution in [0.5, 0.6) is 0 Å². The fraction of sp³-hybridized carbons (Fsp3) is 0. The molecule has 0 spiro atoms. The zero-order valence-electron chi connectivity index (χ0n) is 2.83. The summed E-state index contributed by atoms with van der Waals surface area (Å²) in [6.07, 6.45) is 0. The van der Waals surface area contributed by atoms with E-state index in [-0.39, 0.29) is 70.9 Å². The SMILES string of the molecule is [KH].[O]=[Cr](=[O])([OH])[OH].[Zn]. The van der Waals surface area contributed by atoms with Crippen molar-refractivity contribution in [1.82, 2.24) is 0 Å². The minimum Gasteiger partial charge on any atom is 0 e. The van der Waals surface area contributed by atoms with Gasteiger partial charge in [0.2, 0.25) is 0 Å². The van der Waals surface area contributed by atoms with Crippen molar-refractivity contribution in [3.05, 3.63) is 0 Å². The first-order valence-corrected chi connectivity index (χ1v) is 2.88. The third kappa shape index (κ3) is 61.9. The molecule has 36 valence electrons. The summed E-state index contributed by atoms with van der Waals surface area (Å²) in [7, 11) is 0. The maximum Gasteiger partial charge on any atom is 0 e. The molecule has 0 heterocycles. The fourth-order valence-corrected chi connectivity index (χ4v) is 0. The van der Waals surface area contributed by atoms with E-state index in [1.807, 2.05) is 0 Å². The van der Waals surface area contributed by atoms with Crippen molar-refractivity contribution < 1.29 is 49.0 Å². The van der Waals surface area contributed by atoms with Crippen LogP contribution >= 0.6 is 0 Å². The maximum atomic E-state index is 8.82. The Morgan fingerprint density at radius 3 is 1.14 bits per heavy atom. The van der Waals surface area contributed by atoms with Gasteiger partial charge in [-0.25, -0.2) is 0 Å². The number of hydrogen-bond donors (Lipinski definition) is 2. The van der Waals surface area contributed by atoms with Crippen LogP contribution < -0.4 is 0 Å². The Morgan fingerprint density at radius 1 is 1.14 bits per heavy atom. The Bertz CT molecular complexity index is 94.9. The Morgan fingerprint density at radius 2 is 1.14 bits per heavy atom. The first-order chi connectivity index (χ1) is 2.00. The van der Waals surface area contributed by atoms with E-state index >= 15 is 0 Å². The fourth-order valence-electron chi connectivity index (χ4n) is 0. The summed E-state index contributed by atoms with van der Waals surface area (Å²) in [5, 5.41) is 0. The van der Waals surface area contributed by atoms with Crippen LogP contribution in [0.4, 0.5) is 0 Å². The molecule has 0 amide bonds. The molecule has 0 fully saturated rings. The van der Waals surface area contributed by atoms with Crippen LogP contribution in [0.15, 0.2) is 0 Å². The van der Waals surface area contributed by atoms with Gasteiger partial charge in [-0.3, -0.25) is 0 Å². The van der Waals surface area contributed by atoms with E-state index in [0.717, 1.165) is 0 Å². The Kier molecular flexibility index (Phi) is 14.8. The molecule has 0 aliphatic rings. The summed E-state index contributed by atoms with van der Waals surface area (Å²) >= 11 is -5.25. The van der Waals surface area contributed by atoms with Crippen LogP contribution in [0, 0.1) is 0 Å². The molecule has 0 bridgehead atoms. The van der Waals surface area contributed by atoms with Gasteiger partial charge in [0.15, 0.2) is 0 Å². The molecule has 4 nitrogen and oxygen atoms in total.